The number of β-amino-alcohol motifs (C(OH)–C–C–N with tert-alkyl or cyclic N) is 1. The highest BCUT2D eigenvalue weighted by atomic mass is 16.3. The van der Waals surface area contributed by atoms with Gasteiger partial charge in [-0.15, -0.1) is 0 Å². The molecule has 0 saturated carbocycles. The van der Waals surface area contributed by atoms with Crippen LogP contribution in [0.15, 0.2) is 0 Å². The fourth-order valence-corrected chi connectivity index (χ4v) is 2.46. The van der Waals surface area contributed by atoms with Gasteiger partial charge in [0, 0.05) is 13.1 Å². The molecule has 2 heterocycles. The molecule has 5 heteroatoms. The number of aliphatic hydroxyl groups is 1. The van der Waals surface area contributed by atoms with Crippen LogP contribution in [0.5, 0.6) is 0 Å². The highest BCUT2D eigenvalue weighted by molar-refractivity contribution is 5.95. The lowest BCUT2D eigenvalue weighted by atomic mass is 10.1. The molecule has 0 aromatic rings. The van der Waals surface area contributed by atoms with E-state index in [9.17, 15) is 14.7 Å². The first-order chi connectivity index (χ1) is 8.00. The highest BCUT2D eigenvalue weighted by Gasteiger charge is 2.42. The van der Waals surface area contributed by atoms with Crippen LogP contribution in [-0.4, -0.2) is 58.5 Å². The lowest BCUT2D eigenvalue weighted by Gasteiger charge is -2.37. The van der Waals surface area contributed by atoms with Crippen LogP contribution in [0, 0.1) is 5.92 Å². The molecule has 5 nitrogen and oxygen atoms in total. The Kier molecular flexibility index (Phi) is 3.38. The lowest BCUT2D eigenvalue weighted by Crippen LogP contribution is -2.58. The van der Waals surface area contributed by atoms with Crippen molar-refractivity contribution in [2.75, 3.05) is 19.6 Å². The van der Waals surface area contributed by atoms with Crippen molar-refractivity contribution in [1.29, 1.82) is 0 Å². The van der Waals surface area contributed by atoms with E-state index in [0.717, 1.165) is 12.8 Å². The highest BCUT2D eigenvalue weighted by Crippen LogP contribution is 2.24. The van der Waals surface area contributed by atoms with Crippen LogP contribution in [-0.2, 0) is 9.59 Å². The summed E-state index contributed by atoms with van der Waals surface area (Å²) in [5.41, 5.74) is 0. The van der Waals surface area contributed by atoms with Crippen molar-refractivity contribution in [3.05, 3.63) is 0 Å². The molecule has 1 N–H and O–H groups in total. The SMILES string of the molecule is CC(C)C(O)CN1CC(=O)N2CCCC2C1=O. The average Bonchev–Trinajstić information content (AvgIpc) is 2.74. The molecule has 0 aliphatic carbocycles. The van der Waals surface area contributed by atoms with Crippen molar-refractivity contribution in [3.63, 3.8) is 0 Å². The zero-order valence-corrected chi connectivity index (χ0v) is 10.4. The Balaban J connectivity index is 2.04. The number of hydrogen-bond acceptors (Lipinski definition) is 3. The Morgan fingerprint density at radius 2 is 2.12 bits per heavy atom. The summed E-state index contributed by atoms with van der Waals surface area (Å²) in [5.74, 6) is 0.115. The molecule has 96 valence electrons. The van der Waals surface area contributed by atoms with Gasteiger partial charge < -0.3 is 14.9 Å². The topological polar surface area (TPSA) is 60.9 Å². The zero-order chi connectivity index (χ0) is 12.6. The van der Waals surface area contributed by atoms with Crippen LogP contribution < -0.4 is 0 Å². The summed E-state index contributed by atoms with van der Waals surface area (Å²) in [4.78, 5) is 27.2. The summed E-state index contributed by atoms with van der Waals surface area (Å²) in [6.45, 7) is 4.91. The van der Waals surface area contributed by atoms with Crippen LogP contribution in [0.1, 0.15) is 26.7 Å². The van der Waals surface area contributed by atoms with E-state index in [0.29, 0.717) is 6.54 Å². The van der Waals surface area contributed by atoms with Gasteiger partial charge in [-0.25, -0.2) is 0 Å². The number of piperazine rings is 1. The van der Waals surface area contributed by atoms with Gasteiger partial charge in [0.1, 0.15) is 6.04 Å². The molecular weight excluding hydrogens is 220 g/mol. The molecule has 0 aromatic heterocycles. The second-order valence-electron chi connectivity index (χ2n) is 5.28. The third kappa shape index (κ3) is 2.29. The van der Waals surface area contributed by atoms with Crippen LogP contribution in [0.4, 0.5) is 0 Å². The molecule has 2 aliphatic heterocycles. The summed E-state index contributed by atoms with van der Waals surface area (Å²) >= 11 is 0. The van der Waals surface area contributed by atoms with E-state index in [-0.39, 0.29) is 36.9 Å². The van der Waals surface area contributed by atoms with E-state index in [2.05, 4.69) is 0 Å². The van der Waals surface area contributed by atoms with Gasteiger partial charge in [-0.3, -0.25) is 9.59 Å². The second kappa shape index (κ2) is 4.64. The van der Waals surface area contributed by atoms with Gasteiger partial charge in [-0.2, -0.15) is 0 Å². The molecular formula is C12H20N2O3. The Labute approximate surface area is 101 Å². The van der Waals surface area contributed by atoms with Gasteiger partial charge in [0.15, 0.2) is 0 Å². The molecule has 0 bridgehead atoms. The smallest absolute Gasteiger partial charge is 0.245 e. The van der Waals surface area contributed by atoms with E-state index in [1.54, 1.807) is 4.90 Å². The van der Waals surface area contributed by atoms with Crippen molar-refractivity contribution in [2.45, 2.75) is 38.8 Å². The molecule has 2 unspecified atom stereocenters. The molecule has 2 atom stereocenters. The maximum absolute atomic E-state index is 12.1. The Morgan fingerprint density at radius 3 is 2.76 bits per heavy atom. The molecule has 2 saturated heterocycles. The van der Waals surface area contributed by atoms with E-state index in [4.69, 9.17) is 0 Å². The quantitative estimate of drug-likeness (QED) is 0.745. The number of hydrogen-bond donors (Lipinski definition) is 1. The first-order valence-corrected chi connectivity index (χ1v) is 6.27. The minimum Gasteiger partial charge on any atom is -0.391 e. The molecule has 2 rings (SSSR count). The van der Waals surface area contributed by atoms with Crippen LogP contribution >= 0.6 is 0 Å². The van der Waals surface area contributed by atoms with E-state index in [1.165, 1.54) is 4.90 Å². The van der Waals surface area contributed by atoms with Gasteiger partial charge in [0.05, 0.1) is 12.6 Å². The molecule has 2 aliphatic rings. The number of carbonyl (C=O) groups is 2. The number of rotatable bonds is 3. The normalized spacial score (nSPS) is 26.7. The Bertz CT molecular complexity index is 330. The van der Waals surface area contributed by atoms with Crippen LogP contribution in [0.25, 0.3) is 0 Å². The summed E-state index contributed by atoms with van der Waals surface area (Å²) in [7, 11) is 0. The largest absolute Gasteiger partial charge is 0.391 e. The third-order valence-electron chi connectivity index (χ3n) is 3.67. The standard InChI is InChI=1S/C12H20N2O3/c1-8(2)10(15)6-13-7-11(16)14-5-3-4-9(14)12(13)17/h8-10,15H,3-7H2,1-2H3. The summed E-state index contributed by atoms with van der Waals surface area (Å²) in [5, 5.41) is 9.80. The predicted molar refractivity (Wildman–Crippen MR) is 62.2 cm³/mol. The lowest BCUT2D eigenvalue weighted by molar-refractivity contribution is -0.155. The number of aliphatic hydroxyl groups excluding tert-OH is 1. The van der Waals surface area contributed by atoms with Gasteiger partial charge in [0.25, 0.3) is 0 Å². The maximum atomic E-state index is 12.1. The van der Waals surface area contributed by atoms with Crippen molar-refractivity contribution in [3.8, 4) is 0 Å². The van der Waals surface area contributed by atoms with Gasteiger partial charge in [0.2, 0.25) is 11.8 Å². The third-order valence-corrected chi connectivity index (χ3v) is 3.67. The number of amides is 2. The fraction of sp³-hybridized carbons (Fsp3) is 0.833. The average molecular weight is 240 g/mol. The van der Waals surface area contributed by atoms with E-state index < -0.39 is 6.10 Å². The molecule has 0 spiro atoms. The first kappa shape index (κ1) is 12.4. The Hall–Kier alpha value is -1.10. The van der Waals surface area contributed by atoms with Crippen molar-refractivity contribution in [1.82, 2.24) is 9.80 Å². The summed E-state index contributed by atoms with van der Waals surface area (Å²) in [6.07, 6.45) is 1.11. The monoisotopic (exact) mass is 240 g/mol. The van der Waals surface area contributed by atoms with Crippen molar-refractivity contribution in [2.24, 2.45) is 5.92 Å². The molecule has 0 radical (unpaired) electrons. The van der Waals surface area contributed by atoms with Gasteiger partial charge in [-0.1, -0.05) is 13.8 Å². The summed E-state index contributed by atoms with van der Waals surface area (Å²) in [6, 6.07) is -0.268. The van der Waals surface area contributed by atoms with Crippen molar-refractivity contribution < 1.29 is 14.7 Å². The van der Waals surface area contributed by atoms with E-state index in [1.807, 2.05) is 13.8 Å². The molecule has 2 fully saturated rings. The molecule has 2 amide bonds. The number of carbonyl (C=O) groups excluding carboxylic acids is 2. The van der Waals surface area contributed by atoms with Gasteiger partial charge in [-0.05, 0) is 18.8 Å². The molecule has 17 heavy (non-hydrogen) atoms. The van der Waals surface area contributed by atoms with Crippen molar-refractivity contribution >= 4 is 11.8 Å². The van der Waals surface area contributed by atoms with E-state index >= 15 is 0 Å². The zero-order valence-electron chi connectivity index (χ0n) is 10.4. The number of nitrogens with zero attached hydrogens (tertiary/aromatic N) is 2. The molecule has 0 aromatic carbocycles. The Morgan fingerprint density at radius 1 is 1.41 bits per heavy atom. The maximum Gasteiger partial charge on any atom is 0.245 e. The minimum absolute atomic E-state index is 0.00167. The van der Waals surface area contributed by atoms with Crippen LogP contribution in [0.2, 0.25) is 0 Å². The van der Waals surface area contributed by atoms with Crippen LogP contribution in [0.3, 0.4) is 0 Å². The minimum atomic E-state index is -0.556. The first-order valence-electron chi connectivity index (χ1n) is 6.27. The second-order valence-corrected chi connectivity index (χ2v) is 5.28. The predicted octanol–water partition coefficient (Wildman–Crippen LogP) is -0.163. The number of fused-ring (bicyclic) bond motifs is 1. The van der Waals surface area contributed by atoms with Gasteiger partial charge >= 0.3 is 0 Å². The summed E-state index contributed by atoms with van der Waals surface area (Å²) < 4.78 is 0. The fourth-order valence-electron chi connectivity index (χ4n) is 2.46.